The lowest BCUT2D eigenvalue weighted by Crippen LogP contribution is -2.16. The van der Waals surface area contributed by atoms with Crippen LogP contribution < -0.4 is 14.8 Å². The van der Waals surface area contributed by atoms with E-state index in [0.29, 0.717) is 22.0 Å². The number of esters is 1. The van der Waals surface area contributed by atoms with Crippen LogP contribution in [-0.2, 0) is 14.6 Å². The number of ether oxygens (including phenoxy) is 2. The molecule has 0 aliphatic carbocycles. The van der Waals surface area contributed by atoms with Crippen LogP contribution in [0.15, 0.2) is 46.4 Å². The minimum atomic E-state index is -3.69. The maximum Gasteiger partial charge on any atom is 0.353 e. The van der Waals surface area contributed by atoms with E-state index in [2.05, 4.69) is 14.7 Å². The second-order valence-electron chi connectivity index (χ2n) is 6.88. The van der Waals surface area contributed by atoms with Crippen molar-refractivity contribution >= 4 is 55.8 Å². The van der Waals surface area contributed by atoms with E-state index in [1.807, 2.05) is 0 Å². The molecule has 176 valence electrons. The third kappa shape index (κ3) is 5.66. The Hall–Kier alpha value is -3.60. The van der Waals surface area contributed by atoms with E-state index in [1.54, 1.807) is 29.6 Å². The predicted molar refractivity (Wildman–Crippen MR) is 127 cm³/mol. The number of nitrogens with zero attached hydrogens (tertiary/aromatic N) is 3. The normalized spacial score (nSPS) is 11.7. The summed E-state index contributed by atoms with van der Waals surface area (Å²) in [4.78, 5) is 29.0. The number of thiophene rings is 1. The van der Waals surface area contributed by atoms with Gasteiger partial charge in [-0.2, -0.15) is 14.6 Å². The third-order valence-corrected chi connectivity index (χ3v) is 7.82. The maximum atomic E-state index is 12.5. The Morgan fingerprint density at radius 3 is 2.62 bits per heavy atom. The number of rotatable bonds is 8. The number of amides is 1. The number of hydrogen-bond donors (Lipinski definition) is 1. The average Bonchev–Trinajstić information content (AvgIpc) is 3.50. The standard InChI is InChI=1S/C21H18N4O6S3/c1-12(2)34(28,29)21-24-20(33-25-21)23-18(26)14(11-22)9-13-6-7-15(16(10-13)30-3)31-19(27)17-5-4-8-32-17/h4-10,12H,1-3H3,(H,23,24,25,26)/b14-9-. The van der Waals surface area contributed by atoms with Gasteiger partial charge in [0, 0.05) is 11.5 Å². The van der Waals surface area contributed by atoms with E-state index in [1.165, 1.54) is 50.5 Å². The van der Waals surface area contributed by atoms with Gasteiger partial charge in [0.15, 0.2) is 11.5 Å². The van der Waals surface area contributed by atoms with Gasteiger partial charge in [-0.15, -0.1) is 11.3 Å². The molecule has 2 heterocycles. The van der Waals surface area contributed by atoms with Gasteiger partial charge in [-0.05, 0) is 49.1 Å². The molecule has 13 heteroatoms. The molecule has 1 aromatic carbocycles. The van der Waals surface area contributed by atoms with Crippen molar-refractivity contribution in [2.45, 2.75) is 24.3 Å². The largest absolute Gasteiger partial charge is 0.493 e. The molecule has 0 radical (unpaired) electrons. The number of methoxy groups -OCH3 is 1. The van der Waals surface area contributed by atoms with E-state index in [0.717, 1.165) is 0 Å². The van der Waals surface area contributed by atoms with Crippen molar-refractivity contribution in [1.82, 2.24) is 9.36 Å². The van der Waals surface area contributed by atoms with Crippen LogP contribution in [0.1, 0.15) is 29.1 Å². The fourth-order valence-electron chi connectivity index (χ4n) is 2.47. The van der Waals surface area contributed by atoms with E-state index < -0.39 is 27.0 Å². The van der Waals surface area contributed by atoms with Crippen molar-refractivity contribution in [3.63, 3.8) is 0 Å². The lowest BCUT2D eigenvalue weighted by Gasteiger charge is -2.09. The fourth-order valence-corrected chi connectivity index (χ4v) is 4.77. The Labute approximate surface area is 203 Å². The summed E-state index contributed by atoms with van der Waals surface area (Å²) in [5.74, 6) is -0.929. The van der Waals surface area contributed by atoms with E-state index in [9.17, 15) is 23.3 Å². The van der Waals surface area contributed by atoms with Crippen LogP contribution in [0.5, 0.6) is 11.5 Å². The van der Waals surface area contributed by atoms with Gasteiger partial charge < -0.3 is 9.47 Å². The van der Waals surface area contributed by atoms with Crippen molar-refractivity contribution in [1.29, 1.82) is 5.26 Å². The smallest absolute Gasteiger partial charge is 0.353 e. The Kier molecular flexibility index (Phi) is 7.77. The van der Waals surface area contributed by atoms with Gasteiger partial charge in [-0.25, -0.2) is 13.2 Å². The van der Waals surface area contributed by atoms with Crippen LogP contribution in [0.25, 0.3) is 6.08 Å². The Morgan fingerprint density at radius 1 is 1.24 bits per heavy atom. The number of nitriles is 1. The van der Waals surface area contributed by atoms with Crippen LogP contribution >= 0.6 is 22.9 Å². The number of aromatic nitrogens is 2. The van der Waals surface area contributed by atoms with E-state index >= 15 is 0 Å². The first kappa shape index (κ1) is 25.0. The first-order valence-corrected chi connectivity index (χ1v) is 12.8. The van der Waals surface area contributed by atoms with Crippen molar-refractivity contribution in [2.75, 3.05) is 12.4 Å². The van der Waals surface area contributed by atoms with Crippen molar-refractivity contribution < 1.29 is 27.5 Å². The highest BCUT2D eigenvalue weighted by Crippen LogP contribution is 2.30. The van der Waals surface area contributed by atoms with Gasteiger partial charge in [-0.1, -0.05) is 12.1 Å². The summed E-state index contributed by atoms with van der Waals surface area (Å²) in [7, 11) is -2.30. The molecule has 1 amide bonds. The molecule has 10 nitrogen and oxygen atoms in total. The summed E-state index contributed by atoms with van der Waals surface area (Å²) >= 11 is 1.93. The fraction of sp³-hybridized carbons (Fsp3) is 0.190. The Morgan fingerprint density at radius 2 is 2.00 bits per heavy atom. The summed E-state index contributed by atoms with van der Waals surface area (Å²) in [5.41, 5.74) is 0.161. The molecule has 0 aliphatic heterocycles. The molecule has 2 aromatic heterocycles. The van der Waals surface area contributed by atoms with Gasteiger partial charge in [-0.3, -0.25) is 10.1 Å². The molecule has 34 heavy (non-hydrogen) atoms. The van der Waals surface area contributed by atoms with Crippen molar-refractivity contribution in [3.8, 4) is 17.6 Å². The summed E-state index contributed by atoms with van der Waals surface area (Å²) in [6.07, 6.45) is 1.30. The van der Waals surface area contributed by atoms with Crippen LogP contribution in [0.4, 0.5) is 5.13 Å². The maximum absolute atomic E-state index is 12.5. The minimum Gasteiger partial charge on any atom is -0.493 e. The van der Waals surface area contributed by atoms with Gasteiger partial charge in [0.2, 0.25) is 15.0 Å². The molecule has 0 fully saturated rings. The summed E-state index contributed by atoms with van der Waals surface area (Å²) in [6.45, 7) is 2.99. The van der Waals surface area contributed by atoms with Gasteiger partial charge in [0.1, 0.15) is 16.5 Å². The predicted octanol–water partition coefficient (Wildman–Crippen LogP) is 3.56. The number of nitrogens with one attached hydrogen (secondary N) is 1. The number of sulfone groups is 1. The van der Waals surface area contributed by atoms with Gasteiger partial charge in [0.05, 0.1) is 12.4 Å². The zero-order valence-electron chi connectivity index (χ0n) is 18.1. The summed E-state index contributed by atoms with van der Waals surface area (Å²) in [5, 5.41) is 12.4. The molecule has 0 spiro atoms. The monoisotopic (exact) mass is 518 g/mol. The molecule has 0 bridgehead atoms. The SMILES string of the molecule is COc1cc(/C=C(/C#N)C(=O)Nc2nc(S(=O)(=O)C(C)C)ns2)ccc1OC(=O)c1cccs1. The average molecular weight is 519 g/mol. The second kappa shape index (κ2) is 10.6. The zero-order chi connectivity index (χ0) is 24.9. The number of benzene rings is 1. The van der Waals surface area contributed by atoms with E-state index in [4.69, 9.17) is 9.47 Å². The highest BCUT2D eigenvalue weighted by atomic mass is 32.2. The lowest BCUT2D eigenvalue weighted by atomic mass is 10.1. The highest BCUT2D eigenvalue weighted by Gasteiger charge is 2.25. The molecule has 0 aliphatic rings. The minimum absolute atomic E-state index is 0.0567. The van der Waals surface area contributed by atoms with Gasteiger partial charge in [0.25, 0.3) is 11.1 Å². The number of anilines is 1. The quantitative estimate of drug-likeness (QED) is 0.204. The van der Waals surface area contributed by atoms with E-state index in [-0.39, 0.29) is 27.4 Å². The molecule has 0 unspecified atom stereocenters. The number of carbonyl (C=O) groups excluding carboxylic acids is 2. The Balaban J connectivity index is 1.78. The molecule has 0 saturated heterocycles. The number of hydrogen-bond acceptors (Lipinski definition) is 11. The molecule has 0 atom stereocenters. The molecular formula is C21H18N4O6S3. The molecule has 1 N–H and O–H groups in total. The number of carbonyl (C=O) groups is 2. The second-order valence-corrected chi connectivity index (χ2v) is 11.0. The first-order chi connectivity index (χ1) is 16.1. The van der Waals surface area contributed by atoms with Gasteiger partial charge >= 0.3 is 5.97 Å². The molecule has 0 saturated carbocycles. The van der Waals surface area contributed by atoms with Crippen LogP contribution in [0.2, 0.25) is 0 Å². The van der Waals surface area contributed by atoms with Crippen molar-refractivity contribution in [2.24, 2.45) is 0 Å². The molecular weight excluding hydrogens is 500 g/mol. The Bertz CT molecular complexity index is 1390. The molecule has 3 aromatic rings. The molecule has 3 rings (SSSR count). The lowest BCUT2D eigenvalue weighted by molar-refractivity contribution is -0.112. The first-order valence-electron chi connectivity index (χ1n) is 9.60. The third-order valence-electron chi connectivity index (χ3n) is 4.29. The summed E-state index contributed by atoms with van der Waals surface area (Å²) in [6, 6.07) is 9.68. The zero-order valence-corrected chi connectivity index (χ0v) is 20.6. The van der Waals surface area contributed by atoms with Crippen molar-refractivity contribution in [3.05, 3.63) is 51.7 Å². The van der Waals surface area contributed by atoms with Crippen LogP contribution in [-0.4, -0.2) is 42.0 Å². The van der Waals surface area contributed by atoms with Crippen LogP contribution in [0.3, 0.4) is 0 Å². The topological polar surface area (TPSA) is 148 Å². The highest BCUT2D eigenvalue weighted by molar-refractivity contribution is 7.91. The summed E-state index contributed by atoms with van der Waals surface area (Å²) < 4.78 is 38.7. The van der Waals surface area contributed by atoms with Crippen LogP contribution in [0, 0.1) is 11.3 Å².